The molecule has 2 N–H and O–H groups in total. The van der Waals surface area contributed by atoms with E-state index in [9.17, 15) is 4.79 Å². The van der Waals surface area contributed by atoms with E-state index in [2.05, 4.69) is 10.6 Å². The number of rotatable bonds is 7. The number of amides is 1. The molecular formula is C14H20N2O3. The number of nitrogens with one attached hydrogen (secondary N) is 2. The third kappa shape index (κ3) is 4.05. The van der Waals surface area contributed by atoms with Crippen LogP contribution in [0.2, 0.25) is 0 Å². The van der Waals surface area contributed by atoms with Gasteiger partial charge < -0.3 is 20.1 Å². The minimum atomic E-state index is -0.00299. The number of hydrogen-bond donors (Lipinski definition) is 2. The summed E-state index contributed by atoms with van der Waals surface area (Å²) >= 11 is 0. The molecule has 19 heavy (non-hydrogen) atoms. The van der Waals surface area contributed by atoms with E-state index in [0.717, 1.165) is 18.0 Å². The molecule has 104 valence electrons. The largest absolute Gasteiger partial charge is 0.497 e. The van der Waals surface area contributed by atoms with Crippen molar-refractivity contribution in [3.63, 3.8) is 0 Å². The first-order valence-electron chi connectivity index (χ1n) is 6.45. The Bertz CT molecular complexity index is 444. The highest BCUT2D eigenvalue weighted by molar-refractivity contribution is 5.81. The van der Waals surface area contributed by atoms with Crippen molar-refractivity contribution in [2.45, 2.75) is 12.8 Å². The Morgan fingerprint density at radius 3 is 2.74 bits per heavy atom. The summed E-state index contributed by atoms with van der Waals surface area (Å²) in [6.45, 7) is 1.02. The van der Waals surface area contributed by atoms with Gasteiger partial charge in [0.1, 0.15) is 11.5 Å². The SMILES string of the molecule is COc1ccc(OC)c(NCC(=O)NCC2CC2)c1. The van der Waals surface area contributed by atoms with Gasteiger partial charge in [-0.05, 0) is 30.9 Å². The van der Waals surface area contributed by atoms with Crippen LogP contribution in [0.5, 0.6) is 11.5 Å². The van der Waals surface area contributed by atoms with Crippen molar-refractivity contribution in [2.24, 2.45) is 5.92 Å². The highest BCUT2D eigenvalue weighted by atomic mass is 16.5. The minimum Gasteiger partial charge on any atom is -0.497 e. The van der Waals surface area contributed by atoms with E-state index in [1.165, 1.54) is 12.8 Å². The predicted molar refractivity (Wildman–Crippen MR) is 73.8 cm³/mol. The maximum Gasteiger partial charge on any atom is 0.239 e. The Morgan fingerprint density at radius 1 is 1.32 bits per heavy atom. The van der Waals surface area contributed by atoms with Crippen LogP contribution >= 0.6 is 0 Å². The summed E-state index contributed by atoms with van der Waals surface area (Å²) in [5, 5.41) is 5.97. The summed E-state index contributed by atoms with van der Waals surface area (Å²) in [5.41, 5.74) is 0.753. The molecule has 5 heteroatoms. The Balaban J connectivity index is 1.87. The van der Waals surface area contributed by atoms with Crippen molar-refractivity contribution >= 4 is 11.6 Å². The molecule has 0 bridgehead atoms. The van der Waals surface area contributed by atoms with Crippen LogP contribution in [0, 0.1) is 5.92 Å². The molecule has 1 saturated carbocycles. The van der Waals surface area contributed by atoms with Gasteiger partial charge in [-0.25, -0.2) is 0 Å². The first-order valence-corrected chi connectivity index (χ1v) is 6.45. The van der Waals surface area contributed by atoms with Gasteiger partial charge in [-0.2, -0.15) is 0 Å². The quantitative estimate of drug-likeness (QED) is 0.786. The number of ether oxygens (including phenoxy) is 2. The van der Waals surface area contributed by atoms with Crippen LogP contribution in [-0.2, 0) is 4.79 Å². The maximum atomic E-state index is 11.7. The monoisotopic (exact) mass is 264 g/mol. The molecule has 1 aliphatic rings. The number of benzene rings is 1. The van der Waals surface area contributed by atoms with Crippen molar-refractivity contribution in [3.05, 3.63) is 18.2 Å². The van der Waals surface area contributed by atoms with E-state index in [1.807, 2.05) is 18.2 Å². The lowest BCUT2D eigenvalue weighted by molar-refractivity contribution is -0.119. The molecule has 1 amide bonds. The number of anilines is 1. The lowest BCUT2D eigenvalue weighted by Crippen LogP contribution is -2.31. The molecule has 1 aromatic carbocycles. The number of carbonyl (C=O) groups is 1. The molecule has 5 nitrogen and oxygen atoms in total. The maximum absolute atomic E-state index is 11.7. The predicted octanol–water partition coefficient (Wildman–Crippen LogP) is 1.64. The van der Waals surface area contributed by atoms with Crippen LogP contribution in [0.15, 0.2) is 18.2 Å². The highest BCUT2D eigenvalue weighted by Gasteiger charge is 2.21. The van der Waals surface area contributed by atoms with Crippen LogP contribution in [0.25, 0.3) is 0 Å². The summed E-state index contributed by atoms with van der Waals surface area (Å²) in [5.74, 6) is 2.10. The molecule has 1 aliphatic carbocycles. The fraction of sp³-hybridized carbons (Fsp3) is 0.500. The van der Waals surface area contributed by atoms with Crippen LogP contribution < -0.4 is 20.1 Å². The Hall–Kier alpha value is -1.91. The van der Waals surface area contributed by atoms with Crippen LogP contribution in [0.1, 0.15) is 12.8 Å². The van der Waals surface area contributed by atoms with Gasteiger partial charge in [0.05, 0.1) is 26.5 Å². The molecule has 2 rings (SSSR count). The summed E-state index contributed by atoms with van der Waals surface area (Å²) in [6, 6.07) is 5.44. The second-order valence-corrected chi connectivity index (χ2v) is 4.67. The van der Waals surface area contributed by atoms with Crippen molar-refractivity contribution in [3.8, 4) is 11.5 Å². The summed E-state index contributed by atoms with van der Waals surface area (Å²) in [7, 11) is 3.20. The van der Waals surface area contributed by atoms with Gasteiger partial charge in [-0.3, -0.25) is 4.79 Å². The summed E-state index contributed by atoms with van der Waals surface area (Å²) in [4.78, 5) is 11.7. The van der Waals surface area contributed by atoms with Gasteiger partial charge in [0.2, 0.25) is 5.91 Å². The highest BCUT2D eigenvalue weighted by Crippen LogP contribution is 2.29. The average molecular weight is 264 g/mol. The van der Waals surface area contributed by atoms with Gasteiger partial charge >= 0.3 is 0 Å². The topological polar surface area (TPSA) is 59.6 Å². The summed E-state index contributed by atoms with van der Waals surface area (Å²) in [6.07, 6.45) is 2.47. The smallest absolute Gasteiger partial charge is 0.239 e. The van der Waals surface area contributed by atoms with E-state index >= 15 is 0 Å². The molecule has 1 fully saturated rings. The van der Waals surface area contributed by atoms with Crippen LogP contribution in [0.4, 0.5) is 5.69 Å². The fourth-order valence-electron chi connectivity index (χ4n) is 1.77. The number of methoxy groups -OCH3 is 2. The van der Waals surface area contributed by atoms with E-state index in [0.29, 0.717) is 11.7 Å². The summed E-state index contributed by atoms with van der Waals surface area (Å²) < 4.78 is 10.4. The lowest BCUT2D eigenvalue weighted by atomic mass is 10.2. The zero-order chi connectivity index (χ0) is 13.7. The van der Waals surface area contributed by atoms with E-state index in [1.54, 1.807) is 14.2 Å². The van der Waals surface area contributed by atoms with Gasteiger partial charge in [0, 0.05) is 12.6 Å². The molecule has 0 unspecified atom stereocenters. The molecule has 1 aromatic rings. The minimum absolute atomic E-state index is 0.00299. The first-order chi connectivity index (χ1) is 9.22. The van der Waals surface area contributed by atoms with Gasteiger partial charge in [0.25, 0.3) is 0 Å². The third-order valence-corrected chi connectivity index (χ3v) is 3.13. The molecule has 0 radical (unpaired) electrons. The van der Waals surface area contributed by atoms with E-state index < -0.39 is 0 Å². The lowest BCUT2D eigenvalue weighted by Gasteiger charge is -2.12. The Labute approximate surface area is 113 Å². The van der Waals surface area contributed by atoms with Crippen molar-refractivity contribution < 1.29 is 14.3 Å². The zero-order valence-electron chi connectivity index (χ0n) is 11.4. The van der Waals surface area contributed by atoms with E-state index in [4.69, 9.17) is 9.47 Å². The van der Waals surface area contributed by atoms with Crippen LogP contribution in [0.3, 0.4) is 0 Å². The number of hydrogen-bond acceptors (Lipinski definition) is 4. The van der Waals surface area contributed by atoms with Crippen molar-refractivity contribution in [1.82, 2.24) is 5.32 Å². The first kappa shape index (κ1) is 13.5. The Kier molecular flexibility index (Phi) is 4.49. The molecule has 0 aromatic heterocycles. The van der Waals surface area contributed by atoms with Crippen LogP contribution in [-0.4, -0.2) is 33.2 Å². The Morgan fingerprint density at radius 2 is 2.11 bits per heavy atom. The molecular weight excluding hydrogens is 244 g/mol. The average Bonchev–Trinajstić information content (AvgIpc) is 3.26. The third-order valence-electron chi connectivity index (χ3n) is 3.13. The second kappa shape index (κ2) is 6.31. The molecule has 0 spiro atoms. The molecule has 0 aliphatic heterocycles. The van der Waals surface area contributed by atoms with Gasteiger partial charge in [0.15, 0.2) is 0 Å². The number of carbonyl (C=O) groups excluding carboxylic acids is 1. The molecule has 0 atom stereocenters. The fourth-order valence-corrected chi connectivity index (χ4v) is 1.77. The van der Waals surface area contributed by atoms with Gasteiger partial charge in [-0.1, -0.05) is 0 Å². The molecule has 0 saturated heterocycles. The second-order valence-electron chi connectivity index (χ2n) is 4.67. The zero-order valence-corrected chi connectivity index (χ0v) is 11.4. The van der Waals surface area contributed by atoms with Gasteiger partial charge in [-0.15, -0.1) is 0 Å². The molecule has 0 heterocycles. The normalized spacial score (nSPS) is 13.8. The van der Waals surface area contributed by atoms with Crippen molar-refractivity contribution in [2.75, 3.05) is 32.6 Å². The standard InChI is InChI=1S/C14H20N2O3/c1-18-11-5-6-13(19-2)12(7-11)15-9-14(17)16-8-10-3-4-10/h5-7,10,15H,3-4,8-9H2,1-2H3,(H,16,17). The van der Waals surface area contributed by atoms with Crippen molar-refractivity contribution in [1.29, 1.82) is 0 Å². The van der Waals surface area contributed by atoms with E-state index in [-0.39, 0.29) is 12.5 Å².